The Kier molecular flexibility index (Phi) is 6.30. The number of alkyl carbamates (subject to hydrolysis) is 1. The zero-order chi connectivity index (χ0) is 15.3. The van der Waals surface area contributed by atoms with Gasteiger partial charge in [-0.05, 0) is 27.7 Å². The lowest BCUT2D eigenvalue weighted by molar-refractivity contribution is -0.0418. The molecule has 1 fully saturated rings. The first-order chi connectivity index (χ1) is 9.17. The third-order valence-corrected chi connectivity index (χ3v) is 2.99. The van der Waals surface area contributed by atoms with Crippen LogP contribution in [0, 0.1) is 0 Å². The molecular weight excluding hydrogens is 280 g/mol. The van der Waals surface area contributed by atoms with Crippen LogP contribution in [0.5, 0.6) is 0 Å². The number of ether oxygens (including phenoxy) is 2. The highest BCUT2D eigenvalue weighted by molar-refractivity contribution is 6.29. The fraction of sp³-hybridized carbons (Fsp3) is 0.786. The third-order valence-electron chi connectivity index (χ3n) is 2.87. The third kappa shape index (κ3) is 6.59. The number of nitrogens with one attached hydrogen (secondary N) is 1. The maximum absolute atomic E-state index is 11.7. The van der Waals surface area contributed by atoms with Crippen LogP contribution in [0.4, 0.5) is 4.79 Å². The van der Waals surface area contributed by atoms with Gasteiger partial charge < -0.3 is 14.8 Å². The predicted octanol–water partition coefficient (Wildman–Crippen LogP) is 2.35. The van der Waals surface area contributed by atoms with Gasteiger partial charge in [0, 0.05) is 24.7 Å². The molecule has 20 heavy (non-hydrogen) atoms. The second-order valence-corrected chi connectivity index (χ2v) is 6.63. The van der Waals surface area contributed by atoms with Crippen molar-refractivity contribution in [1.82, 2.24) is 10.2 Å². The summed E-state index contributed by atoms with van der Waals surface area (Å²) >= 11 is 5.83. The fourth-order valence-electron chi connectivity index (χ4n) is 2.01. The number of carbonyl (C=O) groups is 1. The van der Waals surface area contributed by atoms with Crippen LogP contribution >= 0.6 is 11.6 Å². The first kappa shape index (κ1) is 17.3. The summed E-state index contributed by atoms with van der Waals surface area (Å²) in [6.07, 6.45) is -0.500. The lowest BCUT2D eigenvalue weighted by Crippen LogP contribution is -2.53. The number of halogens is 1. The lowest BCUT2D eigenvalue weighted by atomic mass is 10.1. The van der Waals surface area contributed by atoms with E-state index < -0.39 is 11.7 Å². The van der Waals surface area contributed by atoms with E-state index in [1.165, 1.54) is 0 Å². The lowest BCUT2D eigenvalue weighted by Gasteiger charge is -2.36. The highest BCUT2D eigenvalue weighted by Crippen LogP contribution is 2.13. The minimum absolute atomic E-state index is 0.0766. The highest BCUT2D eigenvalue weighted by Gasteiger charge is 2.27. The minimum atomic E-state index is -0.500. The number of hydrogen-bond donors (Lipinski definition) is 1. The molecule has 6 heteroatoms. The minimum Gasteiger partial charge on any atom is -0.444 e. The van der Waals surface area contributed by atoms with E-state index in [-0.39, 0.29) is 12.1 Å². The van der Waals surface area contributed by atoms with Crippen LogP contribution in [0.15, 0.2) is 11.6 Å². The average molecular weight is 305 g/mol. The van der Waals surface area contributed by atoms with Gasteiger partial charge in [0.2, 0.25) is 0 Å². The van der Waals surface area contributed by atoms with Crippen molar-refractivity contribution in [2.45, 2.75) is 45.4 Å². The van der Waals surface area contributed by atoms with Crippen molar-refractivity contribution in [3.8, 4) is 0 Å². The van der Waals surface area contributed by atoms with Crippen LogP contribution in [-0.2, 0) is 9.47 Å². The van der Waals surface area contributed by atoms with Gasteiger partial charge in [-0.25, -0.2) is 4.79 Å². The summed E-state index contributed by atoms with van der Waals surface area (Å²) < 4.78 is 10.9. The van der Waals surface area contributed by atoms with Crippen molar-refractivity contribution in [2.75, 3.05) is 26.2 Å². The maximum atomic E-state index is 11.7. The van der Waals surface area contributed by atoms with Gasteiger partial charge in [-0.3, -0.25) is 4.90 Å². The van der Waals surface area contributed by atoms with E-state index in [9.17, 15) is 4.79 Å². The van der Waals surface area contributed by atoms with Gasteiger partial charge >= 0.3 is 6.09 Å². The largest absolute Gasteiger partial charge is 0.444 e. The molecule has 5 nitrogen and oxygen atoms in total. The molecule has 0 saturated carbocycles. The Hall–Kier alpha value is -0.780. The zero-order valence-corrected chi connectivity index (χ0v) is 13.5. The van der Waals surface area contributed by atoms with Crippen LogP contribution in [0.1, 0.15) is 27.7 Å². The molecular formula is C14H25ClN2O3. The van der Waals surface area contributed by atoms with Crippen molar-refractivity contribution in [3.63, 3.8) is 0 Å². The maximum Gasteiger partial charge on any atom is 0.407 e. The van der Waals surface area contributed by atoms with Crippen molar-refractivity contribution in [3.05, 3.63) is 11.6 Å². The second kappa shape index (κ2) is 7.29. The Morgan fingerprint density at radius 2 is 2.25 bits per heavy atom. The summed E-state index contributed by atoms with van der Waals surface area (Å²) in [4.78, 5) is 13.9. The topological polar surface area (TPSA) is 50.8 Å². The van der Waals surface area contributed by atoms with Gasteiger partial charge in [-0.1, -0.05) is 18.2 Å². The van der Waals surface area contributed by atoms with E-state index in [1.807, 2.05) is 27.7 Å². The van der Waals surface area contributed by atoms with Gasteiger partial charge in [0.25, 0.3) is 0 Å². The quantitative estimate of drug-likeness (QED) is 0.866. The number of rotatable bonds is 4. The van der Waals surface area contributed by atoms with Crippen molar-refractivity contribution in [2.24, 2.45) is 0 Å². The monoisotopic (exact) mass is 304 g/mol. The van der Waals surface area contributed by atoms with E-state index in [2.05, 4.69) is 16.8 Å². The number of amides is 1. The van der Waals surface area contributed by atoms with Crippen LogP contribution in [0.25, 0.3) is 0 Å². The molecule has 1 heterocycles. The number of morpholine rings is 1. The molecule has 1 amide bonds. The molecule has 0 bridgehead atoms. The summed E-state index contributed by atoms with van der Waals surface area (Å²) in [6.45, 7) is 13.9. The van der Waals surface area contributed by atoms with E-state index in [4.69, 9.17) is 21.1 Å². The summed E-state index contributed by atoms with van der Waals surface area (Å²) in [5, 5.41) is 3.42. The van der Waals surface area contributed by atoms with Gasteiger partial charge in [-0.15, -0.1) is 0 Å². The Bertz CT molecular complexity index is 355. The molecule has 1 saturated heterocycles. The summed E-state index contributed by atoms with van der Waals surface area (Å²) in [6, 6.07) is -0.128. The van der Waals surface area contributed by atoms with Gasteiger partial charge in [0.05, 0.1) is 18.8 Å². The summed E-state index contributed by atoms with van der Waals surface area (Å²) in [5.74, 6) is 0. The normalized spacial score (nSPS) is 22.1. The van der Waals surface area contributed by atoms with E-state index in [1.54, 1.807) is 0 Å². The first-order valence-electron chi connectivity index (χ1n) is 6.84. The van der Waals surface area contributed by atoms with Crippen molar-refractivity contribution < 1.29 is 14.3 Å². The number of carbonyl (C=O) groups excluding carboxylic acids is 1. The average Bonchev–Trinajstić information content (AvgIpc) is 2.25. The molecule has 0 aromatic rings. The highest BCUT2D eigenvalue weighted by atomic mass is 35.5. The smallest absolute Gasteiger partial charge is 0.407 e. The Labute approximate surface area is 126 Å². The molecule has 1 aliphatic heterocycles. The molecule has 1 aliphatic rings. The molecule has 0 aromatic carbocycles. The molecule has 0 unspecified atom stereocenters. The predicted molar refractivity (Wildman–Crippen MR) is 80.0 cm³/mol. The van der Waals surface area contributed by atoms with Crippen LogP contribution in [-0.4, -0.2) is 55.0 Å². The second-order valence-electron chi connectivity index (χ2n) is 6.10. The number of hydrogen-bond acceptors (Lipinski definition) is 4. The van der Waals surface area contributed by atoms with Crippen LogP contribution in [0.3, 0.4) is 0 Å². The fourth-order valence-corrected chi connectivity index (χ4v) is 2.18. The Morgan fingerprint density at radius 1 is 1.60 bits per heavy atom. The van der Waals surface area contributed by atoms with Gasteiger partial charge in [0.15, 0.2) is 0 Å². The molecule has 0 aromatic heterocycles. The van der Waals surface area contributed by atoms with E-state index in [0.29, 0.717) is 24.7 Å². The Morgan fingerprint density at radius 3 is 2.80 bits per heavy atom. The molecule has 0 radical (unpaired) electrons. The van der Waals surface area contributed by atoms with Crippen LogP contribution < -0.4 is 5.32 Å². The molecule has 1 N–H and O–H groups in total. The van der Waals surface area contributed by atoms with Gasteiger partial charge in [0.1, 0.15) is 5.60 Å². The van der Waals surface area contributed by atoms with Crippen molar-refractivity contribution in [1.29, 1.82) is 0 Å². The molecule has 0 aliphatic carbocycles. The summed E-state index contributed by atoms with van der Waals surface area (Å²) in [5.41, 5.74) is -0.500. The first-order valence-corrected chi connectivity index (χ1v) is 7.22. The standard InChI is InChI=1S/C14H25ClN2O3/c1-10(15)8-17-6-7-19-12(9-17)11(2)16-13(18)20-14(3,4)5/h11-12H,1,6-9H2,2-5H3,(H,16,18)/t11-,12+/m0/s1. The van der Waals surface area contributed by atoms with Crippen LogP contribution in [0.2, 0.25) is 0 Å². The summed E-state index contributed by atoms with van der Waals surface area (Å²) in [7, 11) is 0. The molecule has 1 rings (SSSR count). The Balaban J connectivity index is 2.44. The van der Waals surface area contributed by atoms with Gasteiger partial charge in [-0.2, -0.15) is 0 Å². The molecule has 0 spiro atoms. The molecule has 116 valence electrons. The van der Waals surface area contributed by atoms with E-state index >= 15 is 0 Å². The van der Waals surface area contributed by atoms with Crippen molar-refractivity contribution >= 4 is 17.7 Å². The SMILES string of the molecule is C=C(Cl)CN1CCO[C@@H]([C@H](C)NC(=O)OC(C)(C)C)C1. The zero-order valence-electron chi connectivity index (χ0n) is 12.7. The van der Waals surface area contributed by atoms with E-state index in [0.717, 1.165) is 6.54 Å². The number of nitrogens with zero attached hydrogens (tertiary/aromatic N) is 1. The molecule has 2 atom stereocenters.